The number of allylic oxidation sites excluding steroid dienone is 3. The summed E-state index contributed by atoms with van der Waals surface area (Å²) >= 11 is 0. The summed E-state index contributed by atoms with van der Waals surface area (Å²) in [7, 11) is 0. The Morgan fingerprint density at radius 3 is 2.24 bits per heavy atom. The molecular weight excluding hydrogens is 258 g/mol. The van der Waals surface area contributed by atoms with Crippen molar-refractivity contribution in [1.29, 1.82) is 0 Å². The molecule has 0 aliphatic heterocycles. The second-order valence-electron chi connectivity index (χ2n) is 4.83. The third-order valence-corrected chi connectivity index (χ3v) is 3.07. The van der Waals surface area contributed by atoms with Crippen molar-refractivity contribution >= 4 is 11.8 Å². The maximum Gasteiger partial charge on any atom is 0.125 e. The van der Waals surface area contributed by atoms with E-state index >= 15 is 0 Å². The summed E-state index contributed by atoms with van der Waals surface area (Å²) in [6.07, 6.45) is 7.57. The minimum Gasteiger partial charge on any atom is -0.262 e. The van der Waals surface area contributed by atoms with Gasteiger partial charge in [0.25, 0.3) is 0 Å². The summed E-state index contributed by atoms with van der Waals surface area (Å²) in [5.74, 6) is 0.780. The molecule has 0 N–H and O–H groups in total. The number of nitrogens with zero attached hydrogens (tertiary/aromatic N) is 3. The van der Waals surface area contributed by atoms with E-state index in [1.807, 2.05) is 45.5 Å². The van der Waals surface area contributed by atoms with Gasteiger partial charge in [-0.05, 0) is 37.5 Å². The van der Waals surface area contributed by atoms with Gasteiger partial charge in [0.05, 0.1) is 0 Å². The Labute approximate surface area is 125 Å². The summed E-state index contributed by atoms with van der Waals surface area (Å²) in [6.45, 7) is 9.54. The predicted molar refractivity (Wildman–Crippen MR) is 89.2 cm³/mol. The number of rotatable bonds is 4. The van der Waals surface area contributed by atoms with Crippen LogP contribution >= 0.6 is 0 Å². The smallest absolute Gasteiger partial charge is 0.125 e. The van der Waals surface area contributed by atoms with Gasteiger partial charge in [-0.2, -0.15) is 0 Å². The average molecular weight is 277 g/mol. The van der Waals surface area contributed by atoms with Gasteiger partial charge >= 0.3 is 0 Å². The molecule has 0 fully saturated rings. The van der Waals surface area contributed by atoms with Crippen LogP contribution in [0.4, 0.5) is 0 Å². The first-order valence-electron chi connectivity index (χ1n) is 6.85. The molecule has 21 heavy (non-hydrogen) atoms. The maximum absolute atomic E-state index is 4.25. The number of hydrogen-bond acceptors (Lipinski definition) is 3. The highest BCUT2D eigenvalue weighted by atomic mass is 14.8. The van der Waals surface area contributed by atoms with E-state index in [1.165, 1.54) is 0 Å². The summed E-state index contributed by atoms with van der Waals surface area (Å²) < 4.78 is 0. The van der Waals surface area contributed by atoms with Crippen molar-refractivity contribution < 1.29 is 0 Å². The molecule has 0 saturated heterocycles. The standard InChI is InChI=1S/C18H19N3/c1-5-15(10-19-13(2)3)16-6-8-17(9-7-16)18-11-20-14(4)21-12-18/h5-12H,2H2,1,3-4H3/b15-5+,19-10?. The second kappa shape index (κ2) is 6.75. The molecule has 0 radical (unpaired) electrons. The molecule has 0 saturated carbocycles. The van der Waals surface area contributed by atoms with Crippen LogP contribution in [0, 0.1) is 6.92 Å². The molecule has 3 heteroatoms. The lowest BCUT2D eigenvalue weighted by Crippen LogP contribution is -1.89. The van der Waals surface area contributed by atoms with E-state index < -0.39 is 0 Å². The minimum atomic E-state index is 0.780. The van der Waals surface area contributed by atoms with Crippen LogP contribution in [0.25, 0.3) is 16.7 Å². The fourth-order valence-corrected chi connectivity index (χ4v) is 1.89. The first kappa shape index (κ1) is 14.9. The van der Waals surface area contributed by atoms with Crippen LogP contribution in [-0.2, 0) is 0 Å². The molecule has 106 valence electrons. The Morgan fingerprint density at radius 1 is 1.10 bits per heavy atom. The molecule has 0 bridgehead atoms. The Balaban J connectivity index is 2.26. The SMILES string of the molecule is C=C(C)N=C/C(=C\C)c1ccc(-c2cnc(C)nc2)cc1. The number of benzene rings is 1. The van der Waals surface area contributed by atoms with Gasteiger partial charge in [-0.25, -0.2) is 9.97 Å². The summed E-state index contributed by atoms with van der Waals surface area (Å²) in [6, 6.07) is 8.30. The van der Waals surface area contributed by atoms with E-state index in [9.17, 15) is 0 Å². The number of hydrogen-bond donors (Lipinski definition) is 0. The molecule has 0 atom stereocenters. The minimum absolute atomic E-state index is 0.780. The number of aliphatic imine (C=N–C) groups is 1. The van der Waals surface area contributed by atoms with Gasteiger partial charge in [-0.1, -0.05) is 36.9 Å². The predicted octanol–water partition coefficient (Wildman–Crippen LogP) is 4.46. The van der Waals surface area contributed by atoms with Gasteiger partial charge in [0, 0.05) is 29.9 Å². The van der Waals surface area contributed by atoms with Crippen LogP contribution in [0.1, 0.15) is 25.2 Å². The Bertz CT molecular complexity index is 677. The van der Waals surface area contributed by atoms with Crippen LogP contribution < -0.4 is 0 Å². The van der Waals surface area contributed by atoms with Crippen molar-refractivity contribution in [2.45, 2.75) is 20.8 Å². The summed E-state index contributed by atoms with van der Waals surface area (Å²) in [5.41, 5.74) is 5.11. The van der Waals surface area contributed by atoms with Crippen molar-refractivity contribution in [2.24, 2.45) is 4.99 Å². The number of aromatic nitrogens is 2. The van der Waals surface area contributed by atoms with Crippen molar-refractivity contribution in [3.8, 4) is 11.1 Å². The maximum atomic E-state index is 4.25. The molecule has 1 heterocycles. The van der Waals surface area contributed by atoms with Crippen LogP contribution in [0.5, 0.6) is 0 Å². The van der Waals surface area contributed by atoms with E-state index in [2.05, 4.69) is 45.8 Å². The van der Waals surface area contributed by atoms with E-state index in [1.54, 1.807) is 0 Å². The van der Waals surface area contributed by atoms with Gasteiger partial charge in [0.1, 0.15) is 5.82 Å². The average Bonchev–Trinajstić information content (AvgIpc) is 2.49. The summed E-state index contributed by atoms with van der Waals surface area (Å²) in [4.78, 5) is 12.7. The van der Waals surface area contributed by atoms with Crippen molar-refractivity contribution in [3.63, 3.8) is 0 Å². The monoisotopic (exact) mass is 277 g/mol. The fraction of sp³-hybridized carbons (Fsp3) is 0.167. The molecule has 2 rings (SSSR count). The molecule has 0 spiro atoms. The van der Waals surface area contributed by atoms with Gasteiger partial charge in [-0.3, -0.25) is 4.99 Å². The van der Waals surface area contributed by atoms with Gasteiger partial charge in [0.2, 0.25) is 0 Å². The molecule has 1 aromatic carbocycles. The lowest BCUT2D eigenvalue weighted by atomic mass is 10.0. The molecule has 3 nitrogen and oxygen atoms in total. The molecule has 0 unspecified atom stereocenters. The lowest BCUT2D eigenvalue weighted by molar-refractivity contribution is 1.06. The van der Waals surface area contributed by atoms with Gasteiger partial charge in [0.15, 0.2) is 0 Å². The molecular formula is C18H19N3. The van der Waals surface area contributed by atoms with Crippen LogP contribution in [0.3, 0.4) is 0 Å². The fourth-order valence-electron chi connectivity index (χ4n) is 1.89. The van der Waals surface area contributed by atoms with Crippen molar-refractivity contribution in [2.75, 3.05) is 0 Å². The highest BCUT2D eigenvalue weighted by Crippen LogP contribution is 2.21. The van der Waals surface area contributed by atoms with E-state index in [0.717, 1.165) is 33.8 Å². The van der Waals surface area contributed by atoms with Crippen molar-refractivity contribution in [3.05, 3.63) is 66.4 Å². The van der Waals surface area contributed by atoms with Crippen LogP contribution in [0.2, 0.25) is 0 Å². The Morgan fingerprint density at radius 2 is 1.71 bits per heavy atom. The highest BCUT2D eigenvalue weighted by molar-refractivity contribution is 6.10. The van der Waals surface area contributed by atoms with E-state index in [-0.39, 0.29) is 0 Å². The quantitative estimate of drug-likeness (QED) is 0.774. The zero-order valence-corrected chi connectivity index (χ0v) is 12.7. The third-order valence-electron chi connectivity index (χ3n) is 3.07. The van der Waals surface area contributed by atoms with Gasteiger partial charge < -0.3 is 0 Å². The van der Waals surface area contributed by atoms with Crippen LogP contribution in [-0.4, -0.2) is 16.2 Å². The molecule has 0 amide bonds. The van der Waals surface area contributed by atoms with Gasteiger partial charge in [-0.15, -0.1) is 0 Å². The zero-order chi connectivity index (χ0) is 15.2. The number of aryl methyl sites for hydroxylation is 1. The molecule has 1 aromatic heterocycles. The topological polar surface area (TPSA) is 38.1 Å². The normalized spacial score (nSPS) is 11.9. The highest BCUT2D eigenvalue weighted by Gasteiger charge is 2.01. The van der Waals surface area contributed by atoms with E-state index in [4.69, 9.17) is 0 Å². The largest absolute Gasteiger partial charge is 0.262 e. The molecule has 0 aliphatic rings. The van der Waals surface area contributed by atoms with Crippen molar-refractivity contribution in [1.82, 2.24) is 9.97 Å². The van der Waals surface area contributed by atoms with E-state index in [0.29, 0.717) is 0 Å². The summed E-state index contributed by atoms with van der Waals surface area (Å²) in [5, 5.41) is 0. The Hall–Kier alpha value is -2.55. The second-order valence-corrected chi connectivity index (χ2v) is 4.83. The Kier molecular flexibility index (Phi) is 4.77. The third kappa shape index (κ3) is 3.96. The first-order chi connectivity index (χ1) is 10.1. The van der Waals surface area contributed by atoms with Crippen LogP contribution in [0.15, 0.2) is 60.0 Å². The molecule has 2 aromatic rings. The lowest BCUT2D eigenvalue weighted by Gasteiger charge is -2.05. The zero-order valence-electron chi connectivity index (χ0n) is 12.7. The first-order valence-corrected chi connectivity index (χ1v) is 6.85. The molecule has 0 aliphatic carbocycles.